The molecular weight excluding hydrogens is 1930 g/mol. The summed E-state index contributed by atoms with van der Waals surface area (Å²) >= 11 is 0. The SMILES string of the molecule is N#CCc1c(F)c(F)nc(C#N)c1F.O=CO[O-].[2H]CF.[C-]#[N+]/C(=C1C(C(=C=[N-])c2c(F)c(F)c(C(F)(F)F)c(F)c2F)=C/1[N+](CC)(CC)CC)c1c(F)c(F)c(C(F)(F)F)c(F)c1F.[C-]#[N+]/C(=C1C(C(C#N)c2c(F)c(F)nc(C#N)c2F)=C\1C(C#N)c1c(F)c(F)c(C(F)(F)F)c(F)c1F)c1c(F)c(F)c(C(F)(F)F)c(F)c1F.[Cs+].[Cs+].[H-]. The van der Waals surface area contributed by atoms with Crippen LogP contribution in [-0.4, -0.2) is 53.6 Å². The minimum atomic E-state index is -6.17. The molecule has 2 aliphatic carbocycles. The van der Waals surface area contributed by atoms with Crippen LogP contribution in [0.5, 0.6) is 0 Å². The number of carbonyl (C=O) groups excluding carboxylic acids is 1. The second-order valence-corrected chi connectivity index (χ2v) is 21.4. The third kappa shape index (κ3) is 19.8. The van der Waals surface area contributed by atoms with Crippen LogP contribution in [0.25, 0.3) is 32.1 Å². The standard InChI is InChI=1S/C29H2F17N5.C27H15F14N3.C8H2F3N3.CH3F.CH2O3.2Cs.H/c1-50-26(13-19(33)24(38)15(29(44,45)46)25(39)20(13)34)12-8(5(2-47)10-16(30)7(4-49)51-27(40)21(10)35)9(12)6(3-48)11-17(31)22(36)14(28(41,42)43)23(37)18(11)32;1-5-44(6-2,7-3)25-10(9(8-42)11-16(28)20(32)14(26(36,37)38)21(33)17(11)29)12(25)24(43-4)13-18(30)22(34)15(27(39,40)41)23(35)19(13)31;9-6-4(1-2-12)7(10)8(11)14-5(6)3-13;1-2;2-1-4-3;;;/h5-6H;5-7H2,1-3H3;1H2;1H3;1,3H;;;/q;;;;;2*+1;-1/p-1/b26-12+;24-12-;;;;;;/i;;;1D;;;;. The van der Waals surface area contributed by atoms with Gasteiger partial charge in [0.2, 0.25) is 11.4 Å². The number of benzene rings is 4. The molecule has 2 heterocycles. The summed E-state index contributed by atoms with van der Waals surface area (Å²) in [6.45, 7) is 18.8. The number of hydrogen-bond acceptors (Lipinski definition) is 10. The van der Waals surface area contributed by atoms with Gasteiger partial charge in [-0.1, -0.05) is 0 Å². The van der Waals surface area contributed by atoms with E-state index in [1.54, 1.807) is 0 Å². The van der Waals surface area contributed by atoms with Crippen LogP contribution < -0.4 is 143 Å². The first kappa shape index (κ1) is 102. The van der Waals surface area contributed by atoms with Gasteiger partial charge in [-0.25, -0.2) is 107 Å². The van der Waals surface area contributed by atoms with E-state index < -0.39 is 300 Å². The van der Waals surface area contributed by atoms with Crippen molar-refractivity contribution in [3.8, 4) is 30.3 Å². The number of nitriles is 5. The number of halogens is 35. The van der Waals surface area contributed by atoms with Gasteiger partial charge in [-0.15, -0.1) is 0 Å². The summed E-state index contributed by atoms with van der Waals surface area (Å²) in [5, 5.41) is 63.3. The van der Waals surface area contributed by atoms with Crippen LogP contribution in [0, 0.1) is 198 Å². The maximum Gasteiger partial charge on any atom is 1.00 e. The topological polar surface area (TPSA) is 225 Å². The number of nitrogens with zero attached hydrogens (tertiary/aromatic N) is 11. The Morgan fingerprint density at radius 1 is 0.496 bits per heavy atom. The van der Waals surface area contributed by atoms with Crippen molar-refractivity contribution < 1.29 is 314 Å². The van der Waals surface area contributed by atoms with E-state index in [1.165, 1.54) is 32.9 Å². The molecule has 4 aromatic carbocycles. The number of quaternary nitrogens is 1. The van der Waals surface area contributed by atoms with Gasteiger partial charge in [-0.2, -0.15) is 87.8 Å². The van der Waals surface area contributed by atoms with Crippen molar-refractivity contribution in [2.45, 2.75) is 63.7 Å². The number of hydrogen-bond donors (Lipinski definition) is 0. The van der Waals surface area contributed by atoms with Crippen molar-refractivity contribution in [2.75, 3.05) is 26.8 Å². The zero-order chi connectivity index (χ0) is 89.5. The predicted octanol–water partition coefficient (Wildman–Crippen LogP) is 12.6. The van der Waals surface area contributed by atoms with Crippen molar-refractivity contribution in [3.05, 3.63) is 257 Å². The molecule has 0 saturated heterocycles. The van der Waals surface area contributed by atoms with Gasteiger partial charge in [0.25, 0.3) is 18.4 Å². The minimum Gasteiger partial charge on any atom is -1.00 e. The monoisotopic (exact) mass is 1950 g/mol. The number of carbonyl (C=O) groups is 1. The van der Waals surface area contributed by atoms with Gasteiger partial charge >= 0.3 is 162 Å². The fraction of sp³-hybridized carbons (Fsp3) is 0.212. The first-order chi connectivity index (χ1) is 53.7. The molecule has 2 aromatic heterocycles. The Morgan fingerprint density at radius 2 is 0.778 bits per heavy atom. The number of likely N-dealkylation sites (N-methyl/N-ethyl adjacent to an activating group) is 1. The van der Waals surface area contributed by atoms with Gasteiger partial charge in [0.1, 0.15) is 51.9 Å². The van der Waals surface area contributed by atoms with E-state index in [0.717, 1.165) is 24.1 Å². The van der Waals surface area contributed by atoms with E-state index in [4.69, 9.17) is 40.4 Å². The molecule has 6 aromatic rings. The molecule has 0 saturated carbocycles. The molecule has 0 spiro atoms. The largest absolute Gasteiger partial charge is 1.00 e. The van der Waals surface area contributed by atoms with Crippen LogP contribution in [0.1, 0.15) is 102 Å². The van der Waals surface area contributed by atoms with Crippen LogP contribution in [-0.2, 0) is 40.8 Å². The van der Waals surface area contributed by atoms with E-state index in [9.17, 15) is 148 Å². The molecule has 2 aliphatic rings. The average Bonchev–Trinajstić information content (AvgIpc) is 1.50. The van der Waals surface area contributed by atoms with E-state index >= 15 is 22.0 Å². The van der Waals surface area contributed by atoms with Crippen molar-refractivity contribution in [1.29, 1.82) is 26.3 Å². The normalized spacial score (nSPS) is 13.6. The Labute approximate surface area is 749 Å². The van der Waals surface area contributed by atoms with Crippen LogP contribution >= 0.6 is 0 Å². The van der Waals surface area contributed by atoms with Gasteiger partial charge in [-0.05, 0) is 37.5 Å². The Kier molecular flexibility index (Phi) is 35.6. The van der Waals surface area contributed by atoms with E-state index in [2.05, 4.69) is 24.5 Å². The van der Waals surface area contributed by atoms with Crippen LogP contribution in [0.15, 0.2) is 33.6 Å². The van der Waals surface area contributed by atoms with E-state index in [1.807, 2.05) is 0 Å². The van der Waals surface area contributed by atoms with Gasteiger partial charge in [0.05, 0.1) is 105 Å². The Bertz CT molecular complexity index is 5470. The fourth-order valence-corrected chi connectivity index (χ4v) is 10.8. The summed E-state index contributed by atoms with van der Waals surface area (Å²) in [4.78, 5) is 21.7. The number of aromatic nitrogens is 2. The summed E-state index contributed by atoms with van der Waals surface area (Å²) in [7, 11) is -1.00. The Balaban J connectivity index is 0.000000943. The number of rotatable bonds is 14. The first-order valence-corrected chi connectivity index (χ1v) is 28.9. The predicted molar refractivity (Wildman–Crippen MR) is 309 cm³/mol. The summed E-state index contributed by atoms with van der Waals surface area (Å²) in [6, 6.07) is 5.41. The molecule has 0 fully saturated rings. The van der Waals surface area contributed by atoms with Crippen molar-refractivity contribution in [3.63, 3.8) is 0 Å². The van der Waals surface area contributed by atoms with E-state index in [-0.39, 0.29) is 165 Å². The number of alkyl halides is 13. The summed E-state index contributed by atoms with van der Waals surface area (Å²) in [5.41, 5.74) is -38.5. The third-order valence-electron chi connectivity index (χ3n) is 15.8. The molecular formula is C66H24Cs2F35N11O3. The molecule has 8 rings (SSSR count). The molecule has 0 N–H and O–H groups in total. The quantitative estimate of drug-likeness (QED) is 0.0115. The summed E-state index contributed by atoms with van der Waals surface area (Å²) in [6.07, 6.45) is -24.9. The second-order valence-electron chi connectivity index (χ2n) is 21.4. The van der Waals surface area contributed by atoms with Crippen molar-refractivity contribution in [2.24, 2.45) is 0 Å². The van der Waals surface area contributed by atoms with Crippen LogP contribution in [0.4, 0.5) is 154 Å². The van der Waals surface area contributed by atoms with Crippen LogP contribution in [0.3, 0.4) is 0 Å². The maximum atomic E-state index is 15.1. The molecule has 117 heavy (non-hydrogen) atoms. The first-order valence-electron chi connectivity index (χ1n) is 29.7. The molecule has 14 nitrogen and oxygen atoms in total. The van der Waals surface area contributed by atoms with E-state index in [0.29, 0.717) is 0 Å². The second kappa shape index (κ2) is 40.7. The van der Waals surface area contributed by atoms with Crippen molar-refractivity contribution in [1.82, 2.24) is 9.97 Å². The summed E-state index contributed by atoms with van der Waals surface area (Å²) in [5.74, 6) is -64.5. The molecule has 0 radical (unpaired) electrons. The van der Waals surface area contributed by atoms with Crippen LogP contribution in [0.2, 0.25) is 0 Å². The van der Waals surface area contributed by atoms with Gasteiger partial charge in [0.15, 0.2) is 128 Å². The Morgan fingerprint density at radius 3 is 1.04 bits per heavy atom. The molecule has 0 bridgehead atoms. The van der Waals surface area contributed by atoms with Gasteiger partial charge in [0, 0.05) is 11.1 Å². The smallest absolute Gasteiger partial charge is 1.00 e. The molecule has 0 aliphatic heterocycles. The minimum absolute atomic E-state index is 0. The van der Waals surface area contributed by atoms with Crippen molar-refractivity contribution >= 4 is 29.3 Å². The zero-order valence-electron chi connectivity index (χ0n) is 59.1. The molecule has 2 atom stereocenters. The molecule has 2 unspecified atom stereocenters. The Hall–Kier alpha value is -8.94. The van der Waals surface area contributed by atoms with Gasteiger partial charge in [-0.3, -0.25) is 19.5 Å². The molecule has 608 valence electrons. The summed E-state index contributed by atoms with van der Waals surface area (Å²) < 4.78 is 491. The maximum absolute atomic E-state index is 15.1. The molecule has 51 heteroatoms. The zero-order valence-corrected chi connectivity index (χ0v) is 69.7. The molecule has 0 amide bonds. The number of allylic oxidation sites excluding steroid dienone is 6. The van der Waals surface area contributed by atoms with Gasteiger partial charge < -0.3 is 17.0 Å². The number of pyridine rings is 2. The third-order valence-corrected chi connectivity index (χ3v) is 15.8. The average molecular weight is 1950 g/mol. The fourth-order valence-electron chi connectivity index (χ4n) is 10.8.